The van der Waals surface area contributed by atoms with Gasteiger partial charge in [-0.2, -0.15) is 0 Å². The highest BCUT2D eigenvalue weighted by atomic mass is 16.5. The second-order valence-corrected chi connectivity index (χ2v) is 7.42. The van der Waals surface area contributed by atoms with Crippen molar-refractivity contribution >= 4 is 5.96 Å². The summed E-state index contributed by atoms with van der Waals surface area (Å²) in [6.07, 6.45) is 6.88. The van der Waals surface area contributed by atoms with Gasteiger partial charge in [-0.3, -0.25) is 0 Å². The van der Waals surface area contributed by atoms with Crippen molar-refractivity contribution < 1.29 is 9.47 Å². The molecule has 0 spiro atoms. The second kappa shape index (κ2) is 7.65. The predicted octanol–water partition coefficient (Wildman–Crippen LogP) is 2.85. The van der Waals surface area contributed by atoms with Crippen LogP contribution in [0, 0.1) is 5.92 Å². The van der Waals surface area contributed by atoms with Crippen molar-refractivity contribution in [2.75, 3.05) is 13.2 Å². The number of fused-ring (bicyclic) bond motifs is 2. The maximum atomic E-state index is 6.00. The number of rotatable bonds is 7. The molecule has 25 heavy (non-hydrogen) atoms. The molecule has 1 aliphatic carbocycles. The van der Waals surface area contributed by atoms with E-state index < -0.39 is 0 Å². The Morgan fingerprint density at radius 1 is 1.24 bits per heavy atom. The van der Waals surface area contributed by atoms with E-state index in [1.165, 1.54) is 25.7 Å². The number of para-hydroxylation sites is 1. The molecule has 0 aromatic heterocycles. The number of hydrogen-bond donors (Lipinski definition) is 2. The first kappa shape index (κ1) is 16.7. The molecule has 2 saturated heterocycles. The Morgan fingerprint density at radius 2 is 2.12 bits per heavy atom. The molecule has 0 amide bonds. The van der Waals surface area contributed by atoms with Crippen LogP contribution >= 0.6 is 0 Å². The second-order valence-electron chi connectivity index (χ2n) is 7.42. The summed E-state index contributed by atoms with van der Waals surface area (Å²) < 4.78 is 11.9. The van der Waals surface area contributed by atoms with E-state index in [9.17, 15) is 0 Å². The lowest BCUT2D eigenvalue weighted by atomic mass is 9.96. The SMILES string of the molecule is CCNC(=NCc1ccccc1OCC1CC1)NC1CC2CCC1O2. The summed E-state index contributed by atoms with van der Waals surface area (Å²) in [6, 6.07) is 8.63. The third-order valence-electron chi connectivity index (χ3n) is 5.32. The Bertz CT molecular complexity index is 615. The lowest BCUT2D eigenvalue weighted by molar-refractivity contribution is 0.0992. The fourth-order valence-corrected chi connectivity index (χ4v) is 3.72. The number of hydrogen-bond acceptors (Lipinski definition) is 3. The molecule has 1 saturated carbocycles. The van der Waals surface area contributed by atoms with Gasteiger partial charge in [-0.1, -0.05) is 18.2 Å². The molecule has 3 atom stereocenters. The van der Waals surface area contributed by atoms with Gasteiger partial charge in [0.2, 0.25) is 0 Å². The maximum Gasteiger partial charge on any atom is 0.191 e. The molecule has 4 rings (SSSR count). The zero-order chi connectivity index (χ0) is 17.1. The van der Waals surface area contributed by atoms with Crippen molar-refractivity contribution in [3.8, 4) is 5.75 Å². The average molecular weight is 343 g/mol. The first-order valence-corrected chi connectivity index (χ1v) is 9.73. The van der Waals surface area contributed by atoms with Crippen LogP contribution in [0.25, 0.3) is 0 Å². The molecule has 2 N–H and O–H groups in total. The zero-order valence-corrected chi connectivity index (χ0v) is 15.0. The number of nitrogens with one attached hydrogen (secondary N) is 2. The van der Waals surface area contributed by atoms with E-state index in [0.29, 0.717) is 24.8 Å². The molecule has 136 valence electrons. The van der Waals surface area contributed by atoms with Gasteiger partial charge in [-0.15, -0.1) is 0 Å². The Balaban J connectivity index is 1.38. The van der Waals surface area contributed by atoms with Gasteiger partial charge in [0.05, 0.1) is 31.4 Å². The molecule has 2 bridgehead atoms. The van der Waals surface area contributed by atoms with Crippen molar-refractivity contribution in [3.63, 3.8) is 0 Å². The molecule has 5 nitrogen and oxygen atoms in total. The van der Waals surface area contributed by atoms with E-state index in [0.717, 1.165) is 42.8 Å². The first-order valence-electron chi connectivity index (χ1n) is 9.73. The van der Waals surface area contributed by atoms with Crippen molar-refractivity contribution in [1.29, 1.82) is 0 Å². The van der Waals surface area contributed by atoms with Crippen molar-refractivity contribution in [2.45, 2.75) is 63.8 Å². The minimum absolute atomic E-state index is 0.350. The van der Waals surface area contributed by atoms with Crippen LogP contribution in [0.15, 0.2) is 29.3 Å². The van der Waals surface area contributed by atoms with Gasteiger partial charge in [0.15, 0.2) is 5.96 Å². The molecule has 3 aliphatic rings. The number of guanidine groups is 1. The average Bonchev–Trinajstić information content (AvgIpc) is 3.23. The lowest BCUT2D eigenvalue weighted by Gasteiger charge is -2.22. The normalized spacial score (nSPS) is 28.2. The Kier molecular flexibility index (Phi) is 5.11. The Hall–Kier alpha value is -1.75. The number of benzene rings is 1. The van der Waals surface area contributed by atoms with Crippen LogP contribution in [0.3, 0.4) is 0 Å². The standard InChI is InChI=1S/C20H29N3O2/c1-2-21-20(23-17-11-16-9-10-19(17)25-16)22-12-15-5-3-4-6-18(15)24-13-14-7-8-14/h3-6,14,16-17,19H,2,7-13H2,1H3,(H2,21,22,23). The fraction of sp³-hybridized carbons (Fsp3) is 0.650. The molecule has 3 unspecified atom stereocenters. The third kappa shape index (κ3) is 4.27. The Labute approximate surface area is 150 Å². The van der Waals surface area contributed by atoms with Crippen molar-refractivity contribution in [3.05, 3.63) is 29.8 Å². The highest BCUT2D eigenvalue weighted by molar-refractivity contribution is 5.80. The van der Waals surface area contributed by atoms with Crippen LogP contribution < -0.4 is 15.4 Å². The van der Waals surface area contributed by atoms with Gasteiger partial charge in [0.25, 0.3) is 0 Å². The monoisotopic (exact) mass is 343 g/mol. The van der Waals surface area contributed by atoms with E-state index >= 15 is 0 Å². The topological polar surface area (TPSA) is 54.9 Å². The molecular weight excluding hydrogens is 314 g/mol. The quantitative estimate of drug-likeness (QED) is 0.590. The van der Waals surface area contributed by atoms with Crippen LogP contribution in [-0.2, 0) is 11.3 Å². The minimum atomic E-state index is 0.350. The minimum Gasteiger partial charge on any atom is -0.493 e. The summed E-state index contributed by atoms with van der Waals surface area (Å²) in [5, 5.41) is 6.93. The Morgan fingerprint density at radius 3 is 2.84 bits per heavy atom. The summed E-state index contributed by atoms with van der Waals surface area (Å²) in [4.78, 5) is 4.79. The summed E-state index contributed by atoms with van der Waals surface area (Å²) in [6.45, 7) is 4.41. The van der Waals surface area contributed by atoms with Crippen LogP contribution in [-0.4, -0.2) is 37.4 Å². The van der Waals surface area contributed by atoms with Gasteiger partial charge >= 0.3 is 0 Å². The fourth-order valence-electron chi connectivity index (χ4n) is 3.72. The van der Waals surface area contributed by atoms with Crippen LogP contribution in [0.2, 0.25) is 0 Å². The molecule has 1 aromatic carbocycles. The van der Waals surface area contributed by atoms with E-state index in [2.05, 4.69) is 35.8 Å². The van der Waals surface area contributed by atoms with Gasteiger partial charge in [0.1, 0.15) is 5.75 Å². The molecule has 1 aromatic rings. The lowest BCUT2D eigenvalue weighted by Crippen LogP contribution is -2.47. The maximum absolute atomic E-state index is 6.00. The highest BCUT2D eigenvalue weighted by Gasteiger charge is 2.41. The molecule has 5 heteroatoms. The molecule has 3 fully saturated rings. The molecule has 0 radical (unpaired) electrons. The number of aliphatic imine (C=N–C) groups is 1. The first-order chi connectivity index (χ1) is 12.3. The van der Waals surface area contributed by atoms with Gasteiger partial charge in [-0.05, 0) is 51.0 Å². The van der Waals surface area contributed by atoms with Gasteiger partial charge < -0.3 is 20.1 Å². The van der Waals surface area contributed by atoms with Gasteiger partial charge in [-0.25, -0.2) is 4.99 Å². The van der Waals surface area contributed by atoms with Crippen molar-refractivity contribution in [2.24, 2.45) is 10.9 Å². The van der Waals surface area contributed by atoms with E-state index in [1.807, 2.05) is 6.07 Å². The zero-order valence-electron chi connectivity index (χ0n) is 15.0. The number of ether oxygens (including phenoxy) is 2. The summed E-state index contributed by atoms with van der Waals surface area (Å²) >= 11 is 0. The molecular formula is C20H29N3O2. The van der Waals surface area contributed by atoms with Crippen molar-refractivity contribution in [1.82, 2.24) is 10.6 Å². The molecule has 2 aliphatic heterocycles. The van der Waals surface area contributed by atoms with Crippen LogP contribution in [0.1, 0.15) is 44.6 Å². The van der Waals surface area contributed by atoms with E-state index in [4.69, 9.17) is 14.5 Å². The number of nitrogens with zero attached hydrogens (tertiary/aromatic N) is 1. The summed E-state index contributed by atoms with van der Waals surface area (Å²) in [5.74, 6) is 2.60. The van der Waals surface area contributed by atoms with Gasteiger partial charge in [0, 0.05) is 12.1 Å². The molecule has 2 heterocycles. The predicted molar refractivity (Wildman–Crippen MR) is 98.9 cm³/mol. The summed E-state index contributed by atoms with van der Waals surface area (Å²) in [7, 11) is 0. The van der Waals surface area contributed by atoms with E-state index in [1.54, 1.807) is 0 Å². The van der Waals surface area contributed by atoms with E-state index in [-0.39, 0.29) is 0 Å². The van der Waals surface area contributed by atoms with Crippen LogP contribution in [0.5, 0.6) is 5.75 Å². The largest absolute Gasteiger partial charge is 0.493 e. The summed E-state index contributed by atoms with van der Waals surface area (Å²) in [5.41, 5.74) is 1.14. The van der Waals surface area contributed by atoms with Crippen LogP contribution in [0.4, 0.5) is 0 Å². The third-order valence-corrected chi connectivity index (χ3v) is 5.32. The smallest absolute Gasteiger partial charge is 0.191 e. The highest BCUT2D eigenvalue weighted by Crippen LogP contribution is 2.34.